The first-order valence-electron chi connectivity index (χ1n) is 3.63. The zero-order valence-electron chi connectivity index (χ0n) is 6.88. The molecule has 14 heavy (non-hydrogen) atoms. The number of rotatable bonds is 3. The van der Waals surface area contributed by atoms with Gasteiger partial charge in [-0.3, -0.25) is 4.98 Å². The third-order valence-corrected chi connectivity index (χ3v) is 1.92. The van der Waals surface area contributed by atoms with E-state index in [0.717, 1.165) is 0 Å². The van der Waals surface area contributed by atoms with Crippen LogP contribution < -0.4 is 0 Å². The molecule has 1 heterocycles. The predicted octanol–water partition coefficient (Wildman–Crippen LogP) is 2.00. The van der Waals surface area contributed by atoms with Crippen molar-refractivity contribution in [3.63, 3.8) is 0 Å². The van der Waals surface area contributed by atoms with Gasteiger partial charge in [0.25, 0.3) is 0 Å². The van der Waals surface area contributed by atoms with Gasteiger partial charge in [0.1, 0.15) is 0 Å². The van der Waals surface area contributed by atoms with E-state index in [1.54, 1.807) is 0 Å². The number of carboxylic acid groups (broad SMARTS) is 1. The number of alkyl halides is 2. The second kappa shape index (κ2) is 3.88. The van der Waals surface area contributed by atoms with Gasteiger partial charge in [-0.05, 0) is 11.6 Å². The largest absolute Gasteiger partial charge is 0.477 e. The van der Waals surface area contributed by atoms with Crippen molar-refractivity contribution >= 4 is 17.6 Å². The molecule has 6 heteroatoms. The highest BCUT2D eigenvalue weighted by Gasteiger charge is 2.39. The van der Waals surface area contributed by atoms with Crippen LogP contribution in [0.3, 0.4) is 0 Å². The van der Waals surface area contributed by atoms with Crippen LogP contribution in [0.15, 0.2) is 18.5 Å². The van der Waals surface area contributed by atoms with E-state index in [2.05, 4.69) is 4.98 Å². The van der Waals surface area contributed by atoms with Crippen LogP contribution in [0, 0.1) is 0 Å². The Hall–Kier alpha value is -1.23. The molecular formula is C8H6ClF2NO2. The lowest BCUT2D eigenvalue weighted by atomic mass is 10.1. The van der Waals surface area contributed by atoms with Crippen LogP contribution >= 0.6 is 11.6 Å². The third kappa shape index (κ3) is 2.38. The Morgan fingerprint density at radius 2 is 2.29 bits per heavy atom. The first kappa shape index (κ1) is 10.8. The van der Waals surface area contributed by atoms with Gasteiger partial charge in [0.15, 0.2) is 0 Å². The highest BCUT2D eigenvalue weighted by atomic mass is 35.5. The van der Waals surface area contributed by atoms with Crippen molar-refractivity contribution in [2.75, 3.05) is 0 Å². The number of hydrogen-bond acceptors (Lipinski definition) is 2. The molecule has 0 bridgehead atoms. The van der Waals surface area contributed by atoms with Crippen molar-refractivity contribution in [2.45, 2.75) is 12.3 Å². The summed E-state index contributed by atoms with van der Waals surface area (Å²) in [6, 6.07) is 1.26. The molecule has 0 spiro atoms. The Labute approximate surface area is 83.3 Å². The van der Waals surface area contributed by atoms with E-state index in [9.17, 15) is 13.6 Å². The van der Waals surface area contributed by atoms with Crippen molar-refractivity contribution in [2.24, 2.45) is 0 Å². The second-order valence-electron chi connectivity index (χ2n) is 2.65. The maximum atomic E-state index is 12.7. The topological polar surface area (TPSA) is 50.2 Å². The maximum absolute atomic E-state index is 12.7. The minimum Gasteiger partial charge on any atom is -0.477 e. The molecular weight excluding hydrogens is 216 g/mol. The molecule has 3 nitrogen and oxygen atoms in total. The summed E-state index contributed by atoms with van der Waals surface area (Å²) in [4.78, 5) is 13.7. The van der Waals surface area contributed by atoms with Crippen LogP contribution in [0.1, 0.15) is 5.56 Å². The van der Waals surface area contributed by atoms with Crippen LogP contribution in [-0.4, -0.2) is 22.0 Å². The molecule has 0 fully saturated rings. The number of hydrogen-bond donors (Lipinski definition) is 1. The summed E-state index contributed by atoms with van der Waals surface area (Å²) < 4.78 is 25.5. The number of aromatic nitrogens is 1. The Morgan fingerprint density at radius 1 is 1.64 bits per heavy atom. The van der Waals surface area contributed by atoms with Gasteiger partial charge < -0.3 is 5.11 Å². The van der Waals surface area contributed by atoms with Gasteiger partial charge in [-0.1, -0.05) is 11.6 Å². The summed E-state index contributed by atoms with van der Waals surface area (Å²) in [7, 11) is 0. The molecule has 0 aliphatic rings. The second-order valence-corrected chi connectivity index (χ2v) is 3.06. The lowest BCUT2D eigenvalue weighted by molar-refractivity contribution is -0.164. The summed E-state index contributed by atoms with van der Waals surface area (Å²) >= 11 is 5.55. The van der Waals surface area contributed by atoms with Crippen molar-refractivity contribution < 1.29 is 18.7 Å². The number of halogens is 3. The Morgan fingerprint density at radius 3 is 2.79 bits per heavy atom. The molecule has 1 aromatic rings. The normalized spacial score (nSPS) is 11.4. The summed E-state index contributed by atoms with van der Waals surface area (Å²) in [6.45, 7) is 0. The molecule has 76 valence electrons. The van der Waals surface area contributed by atoms with E-state index in [-0.39, 0.29) is 10.6 Å². The Balaban J connectivity index is 2.89. The Bertz CT molecular complexity index is 357. The predicted molar refractivity (Wildman–Crippen MR) is 45.5 cm³/mol. The smallest absolute Gasteiger partial charge is 0.374 e. The first-order valence-corrected chi connectivity index (χ1v) is 4.01. The van der Waals surface area contributed by atoms with Crippen LogP contribution in [-0.2, 0) is 11.2 Å². The molecule has 0 unspecified atom stereocenters. The number of aliphatic carboxylic acids is 1. The number of nitrogens with zero attached hydrogens (tertiary/aromatic N) is 1. The van der Waals surface area contributed by atoms with E-state index in [1.807, 2.05) is 0 Å². The fourth-order valence-electron chi connectivity index (χ4n) is 0.862. The molecule has 0 aromatic carbocycles. The average Bonchev–Trinajstić information content (AvgIpc) is 2.08. The SMILES string of the molecule is O=C(O)C(F)(F)Cc1ccncc1Cl. The lowest BCUT2D eigenvalue weighted by Crippen LogP contribution is -2.30. The van der Waals surface area contributed by atoms with Gasteiger partial charge in [-0.25, -0.2) is 4.79 Å². The lowest BCUT2D eigenvalue weighted by Gasteiger charge is -2.11. The highest BCUT2D eigenvalue weighted by molar-refractivity contribution is 6.31. The molecule has 0 amide bonds. The average molecular weight is 222 g/mol. The quantitative estimate of drug-likeness (QED) is 0.849. The van der Waals surface area contributed by atoms with Gasteiger partial charge >= 0.3 is 11.9 Å². The number of carboxylic acids is 1. The van der Waals surface area contributed by atoms with Crippen LogP contribution in [0.4, 0.5) is 8.78 Å². The van der Waals surface area contributed by atoms with Gasteiger partial charge in [-0.15, -0.1) is 0 Å². The number of carbonyl (C=O) groups is 1. The monoisotopic (exact) mass is 221 g/mol. The van der Waals surface area contributed by atoms with Gasteiger partial charge in [0.05, 0.1) is 5.02 Å². The zero-order chi connectivity index (χ0) is 10.8. The van der Waals surface area contributed by atoms with E-state index in [4.69, 9.17) is 16.7 Å². The van der Waals surface area contributed by atoms with Crippen LogP contribution in [0.25, 0.3) is 0 Å². The molecule has 0 radical (unpaired) electrons. The summed E-state index contributed by atoms with van der Waals surface area (Å²) in [5.74, 6) is -5.96. The molecule has 0 atom stereocenters. The fraction of sp³-hybridized carbons (Fsp3) is 0.250. The minimum absolute atomic E-state index is 0.0356. The third-order valence-electron chi connectivity index (χ3n) is 1.58. The molecule has 1 rings (SSSR count). The molecule has 0 saturated carbocycles. The van der Waals surface area contributed by atoms with Crippen molar-refractivity contribution in [1.29, 1.82) is 0 Å². The Kier molecular flexibility index (Phi) is 3.00. The number of pyridine rings is 1. The van der Waals surface area contributed by atoms with Crippen LogP contribution in [0.5, 0.6) is 0 Å². The highest BCUT2D eigenvalue weighted by Crippen LogP contribution is 2.24. The van der Waals surface area contributed by atoms with Crippen molar-refractivity contribution in [3.05, 3.63) is 29.0 Å². The standard InChI is InChI=1S/C8H6ClF2NO2/c9-6-4-12-2-1-5(6)3-8(10,11)7(13)14/h1-2,4H,3H2,(H,13,14). The maximum Gasteiger partial charge on any atom is 0.374 e. The van der Waals surface area contributed by atoms with E-state index in [0.29, 0.717) is 0 Å². The summed E-state index contributed by atoms with van der Waals surface area (Å²) in [5.41, 5.74) is 0.0640. The molecule has 0 aliphatic heterocycles. The molecule has 1 aromatic heterocycles. The van der Waals surface area contributed by atoms with Crippen molar-refractivity contribution in [3.8, 4) is 0 Å². The van der Waals surface area contributed by atoms with Gasteiger partial charge in [0, 0.05) is 18.8 Å². The molecule has 0 saturated heterocycles. The van der Waals surface area contributed by atoms with E-state index >= 15 is 0 Å². The van der Waals surface area contributed by atoms with E-state index < -0.39 is 18.3 Å². The summed E-state index contributed by atoms with van der Waals surface area (Å²) in [6.07, 6.45) is 1.54. The summed E-state index contributed by atoms with van der Waals surface area (Å²) in [5, 5.41) is 8.22. The fourth-order valence-corrected chi connectivity index (χ4v) is 1.05. The zero-order valence-corrected chi connectivity index (χ0v) is 7.63. The first-order chi connectivity index (χ1) is 6.43. The molecule has 1 N–H and O–H groups in total. The van der Waals surface area contributed by atoms with Gasteiger partial charge in [0.2, 0.25) is 0 Å². The van der Waals surface area contributed by atoms with Crippen LogP contribution in [0.2, 0.25) is 5.02 Å². The van der Waals surface area contributed by atoms with Crippen molar-refractivity contribution in [1.82, 2.24) is 4.98 Å². The minimum atomic E-state index is -3.80. The van der Waals surface area contributed by atoms with E-state index in [1.165, 1.54) is 18.5 Å². The molecule has 0 aliphatic carbocycles. The van der Waals surface area contributed by atoms with Gasteiger partial charge in [-0.2, -0.15) is 8.78 Å².